The van der Waals surface area contributed by atoms with Gasteiger partial charge in [0.1, 0.15) is 11.6 Å². The van der Waals surface area contributed by atoms with E-state index in [2.05, 4.69) is 23.7 Å². The molecule has 1 aliphatic rings. The summed E-state index contributed by atoms with van der Waals surface area (Å²) in [4.78, 5) is 24.4. The molecule has 1 amide bonds. The Bertz CT molecular complexity index is 786. The molecule has 1 saturated carbocycles. The zero-order valence-corrected chi connectivity index (χ0v) is 17.4. The van der Waals surface area contributed by atoms with E-state index in [4.69, 9.17) is 4.74 Å². The van der Waals surface area contributed by atoms with Gasteiger partial charge in [0.15, 0.2) is 6.61 Å². The Kier molecular flexibility index (Phi) is 7.86. The molecule has 0 bridgehead atoms. The smallest absolute Gasteiger partial charge is 0.349 e. The third kappa shape index (κ3) is 5.48. The zero-order valence-electron chi connectivity index (χ0n) is 17.4. The van der Waals surface area contributed by atoms with E-state index in [-0.39, 0.29) is 24.1 Å². The Labute approximate surface area is 167 Å². The standard InChI is InChI=1S/C22H31N3O3/c1-5-10-25-16(3)11-18(17(25)4)12-19(13-23)22(27)28-14-21(26)24-20-9-7-6-8-15(20)2/h11-12,15,20H,5-10,14H2,1-4H3,(H,24,26). The highest BCUT2D eigenvalue weighted by Gasteiger charge is 2.23. The predicted octanol–water partition coefficient (Wildman–Crippen LogP) is 3.66. The molecule has 1 aliphatic carbocycles. The van der Waals surface area contributed by atoms with E-state index in [9.17, 15) is 14.9 Å². The van der Waals surface area contributed by atoms with Crippen molar-refractivity contribution in [2.45, 2.75) is 72.4 Å². The van der Waals surface area contributed by atoms with E-state index in [0.717, 1.165) is 49.2 Å². The van der Waals surface area contributed by atoms with E-state index in [1.165, 1.54) is 12.5 Å². The molecule has 1 N–H and O–H groups in total. The fourth-order valence-corrected chi connectivity index (χ4v) is 3.82. The van der Waals surface area contributed by atoms with Crippen molar-refractivity contribution < 1.29 is 14.3 Å². The molecule has 6 nitrogen and oxygen atoms in total. The number of ether oxygens (including phenoxy) is 1. The van der Waals surface area contributed by atoms with Crippen LogP contribution in [-0.2, 0) is 20.9 Å². The first kappa shape index (κ1) is 21.7. The van der Waals surface area contributed by atoms with Gasteiger partial charge in [0.25, 0.3) is 5.91 Å². The molecule has 0 spiro atoms. The molecular weight excluding hydrogens is 354 g/mol. The maximum absolute atomic E-state index is 12.3. The molecule has 1 heterocycles. The van der Waals surface area contributed by atoms with Gasteiger partial charge in [0.05, 0.1) is 0 Å². The summed E-state index contributed by atoms with van der Waals surface area (Å²) in [5.41, 5.74) is 2.80. The molecule has 1 fully saturated rings. The number of aromatic nitrogens is 1. The van der Waals surface area contributed by atoms with Crippen LogP contribution in [-0.4, -0.2) is 29.1 Å². The number of carbonyl (C=O) groups is 2. The number of nitrogens with one attached hydrogen (secondary N) is 1. The normalized spacial score (nSPS) is 19.8. The van der Waals surface area contributed by atoms with Crippen molar-refractivity contribution >= 4 is 18.0 Å². The summed E-state index contributed by atoms with van der Waals surface area (Å²) in [5.74, 6) is -0.651. The van der Waals surface area contributed by atoms with Crippen molar-refractivity contribution in [1.82, 2.24) is 9.88 Å². The number of aryl methyl sites for hydroxylation is 1. The second-order valence-corrected chi connectivity index (χ2v) is 7.66. The molecule has 1 aromatic rings. The third-order valence-corrected chi connectivity index (χ3v) is 5.49. The van der Waals surface area contributed by atoms with Crippen LogP contribution in [0.2, 0.25) is 0 Å². The van der Waals surface area contributed by atoms with Gasteiger partial charge in [-0.05, 0) is 56.7 Å². The molecule has 28 heavy (non-hydrogen) atoms. The fourth-order valence-electron chi connectivity index (χ4n) is 3.82. The van der Waals surface area contributed by atoms with Crippen LogP contribution in [0.25, 0.3) is 6.08 Å². The highest BCUT2D eigenvalue weighted by atomic mass is 16.5. The number of nitriles is 1. The van der Waals surface area contributed by atoms with E-state index >= 15 is 0 Å². The molecule has 2 rings (SSSR count). The van der Waals surface area contributed by atoms with Gasteiger partial charge in [-0.25, -0.2) is 4.79 Å². The molecule has 1 aromatic heterocycles. The average molecular weight is 386 g/mol. The lowest BCUT2D eigenvalue weighted by atomic mass is 9.86. The first-order chi connectivity index (χ1) is 13.4. The third-order valence-electron chi connectivity index (χ3n) is 5.49. The van der Waals surface area contributed by atoms with Gasteiger partial charge in [-0.1, -0.05) is 26.7 Å². The molecular formula is C22H31N3O3. The monoisotopic (exact) mass is 385 g/mol. The predicted molar refractivity (Wildman–Crippen MR) is 108 cm³/mol. The molecule has 152 valence electrons. The first-order valence-corrected chi connectivity index (χ1v) is 10.1. The summed E-state index contributed by atoms with van der Waals surface area (Å²) in [7, 11) is 0. The van der Waals surface area contributed by atoms with Gasteiger partial charge < -0.3 is 14.6 Å². The maximum Gasteiger partial charge on any atom is 0.349 e. The summed E-state index contributed by atoms with van der Waals surface area (Å²) in [6.45, 7) is 8.72. The number of amides is 1. The van der Waals surface area contributed by atoms with Crippen molar-refractivity contribution in [3.63, 3.8) is 0 Å². The van der Waals surface area contributed by atoms with Gasteiger partial charge in [0.2, 0.25) is 0 Å². The highest BCUT2D eigenvalue weighted by molar-refractivity contribution is 5.99. The van der Waals surface area contributed by atoms with Crippen LogP contribution in [0, 0.1) is 31.1 Å². The Hall–Kier alpha value is -2.55. The average Bonchev–Trinajstić information content (AvgIpc) is 2.93. The number of hydrogen-bond acceptors (Lipinski definition) is 4. The Morgan fingerprint density at radius 3 is 2.71 bits per heavy atom. The lowest BCUT2D eigenvalue weighted by Gasteiger charge is -2.29. The minimum Gasteiger partial charge on any atom is -0.451 e. The fraction of sp³-hybridized carbons (Fsp3) is 0.591. The van der Waals surface area contributed by atoms with Gasteiger partial charge in [-0.2, -0.15) is 5.26 Å². The lowest BCUT2D eigenvalue weighted by Crippen LogP contribution is -2.42. The van der Waals surface area contributed by atoms with Crippen molar-refractivity contribution in [1.29, 1.82) is 5.26 Å². The van der Waals surface area contributed by atoms with Gasteiger partial charge >= 0.3 is 5.97 Å². The van der Waals surface area contributed by atoms with E-state index < -0.39 is 5.97 Å². The van der Waals surface area contributed by atoms with Crippen molar-refractivity contribution in [3.8, 4) is 6.07 Å². The van der Waals surface area contributed by atoms with E-state index in [1.807, 2.05) is 26.0 Å². The first-order valence-electron chi connectivity index (χ1n) is 10.1. The minimum absolute atomic E-state index is 0.101. The van der Waals surface area contributed by atoms with Gasteiger partial charge in [-0.3, -0.25) is 4.79 Å². The largest absolute Gasteiger partial charge is 0.451 e. The molecule has 0 aromatic carbocycles. The number of rotatable bonds is 7. The quantitative estimate of drug-likeness (QED) is 0.441. The summed E-state index contributed by atoms with van der Waals surface area (Å²) in [6, 6.07) is 3.98. The zero-order chi connectivity index (χ0) is 20.7. The van der Waals surface area contributed by atoms with Crippen LogP contribution in [0.4, 0.5) is 0 Å². The van der Waals surface area contributed by atoms with Crippen LogP contribution in [0.15, 0.2) is 11.6 Å². The Morgan fingerprint density at radius 2 is 2.07 bits per heavy atom. The summed E-state index contributed by atoms with van der Waals surface area (Å²) in [6.07, 6.45) is 6.89. The number of hydrogen-bond donors (Lipinski definition) is 1. The summed E-state index contributed by atoms with van der Waals surface area (Å²) in [5, 5.41) is 12.3. The van der Waals surface area contributed by atoms with Crippen molar-refractivity contribution in [2.75, 3.05) is 6.61 Å². The second-order valence-electron chi connectivity index (χ2n) is 7.66. The second kappa shape index (κ2) is 10.1. The topological polar surface area (TPSA) is 84.1 Å². The molecule has 2 atom stereocenters. The van der Waals surface area contributed by atoms with Crippen LogP contribution < -0.4 is 5.32 Å². The molecule has 2 unspecified atom stereocenters. The van der Waals surface area contributed by atoms with Crippen LogP contribution >= 0.6 is 0 Å². The van der Waals surface area contributed by atoms with E-state index in [1.54, 1.807) is 0 Å². The van der Waals surface area contributed by atoms with E-state index in [0.29, 0.717) is 5.92 Å². The van der Waals surface area contributed by atoms with Crippen LogP contribution in [0.1, 0.15) is 62.9 Å². The number of carbonyl (C=O) groups excluding carboxylic acids is 2. The molecule has 0 saturated heterocycles. The number of nitrogens with zero attached hydrogens (tertiary/aromatic N) is 2. The van der Waals surface area contributed by atoms with Crippen molar-refractivity contribution in [3.05, 3.63) is 28.6 Å². The van der Waals surface area contributed by atoms with Crippen molar-refractivity contribution in [2.24, 2.45) is 5.92 Å². The summed E-state index contributed by atoms with van der Waals surface area (Å²) >= 11 is 0. The SMILES string of the molecule is CCCn1c(C)cc(C=C(C#N)C(=O)OCC(=O)NC2CCCCC2C)c1C. The molecule has 0 radical (unpaired) electrons. The number of esters is 1. The van der Waals surface area contributed by atoms with Gasteiger partial charge in [0, 0.05) is 24.0 Å². The van der Waals surface area contributed by atoms with Gasteiger partial charge in [-0.15, -0.1) is 0 Å². The maximum atomic E-state index is 12.3. The van der Waals surface area contributed by atoms with Crippen LogP contribution in [0.5, 0.6) is 0 Å². The Morgan fingerprint density at radius 1 is 1.36 bits per heavy atom. The van der Waals surface area contributed by atoms with Crippen LogP contribution in [0.3, 0.4) is 0 Å². The highest BCUT2D eigenvalue weighted by Crippen LogP contribution is 2.23. The molecule has 6 heteroatoms. The minimum atomic E-state index is -0.769. The molecule has 0 aliphatic heterocycles. The summed E-state index contributed by atoms with van der Waals surface area (Å²) < 4.78 is 7.24. The Balaban J connectivity index is 1.98. The lowest BCUT2D eigenvalue weighted by molar-refractivity contribution is -0.144.